The fourth-order valence-electron chi connectivity index (χ4n) is 6.08. The Hall–Kier alpha value is -4.78. The van der Waals surface area contributed by atoms with E-state index in [1.54, 1.807) is 24.7 Å². The van der Waals surface area contributed by atoms with Gasteiger partial charge >= 0.3 is 5.97 Å². The first-order valence-corrected chi connectivity index (χ1v) is 16.8. The Labute approximate surface area is 269 Å². The summed E-state index contributed by atoms with van der Waals surface area (Å²) in [4.78, 5) is 18.8. The van der Waals surface area contributed by atoms with E-state index in [1.165, 1.54) is 24.4 Å². The number of aromatic nitrogens is 3. The van der Waals surface area contributed by atoms with Crippen LogP contribution in [0.2, 0.25) is 0 Å². The van der Waals surface area contributed by atoms with E-state index < -0.39 is 43.3 Å². The van der Waals surface area contributed by atoms with Crippen molar-refractivity contribution < 1.29 is 40.6 Å². The molecule has 0 saturated carbocycles. The maximum absolute atomic E-state index is 15.4. The van der Waals surface area contributed by atoms with Crippen molar-refractivity contribution in [3.05, 3.63) is 89.1 Å². The number of benzene rings is 3. The smallest absolute Gasteiger partial charge is 0.306 e. The number of aromatic amines is 1. The summed E-state index contributed by atoms with van der Waals surface area (Å²) >= 11 is 0. The third-order valence-corrected chi connectivity index (χ3v) is 9.61. The van der Waals surface area contributed by atoms with Gasteiger partial charge in [0.25, 0.3) is 0 Å². The summed E-state index contributed by atoms with van der Waals surface area (Å²) < 4.78 is 89.5. The van der Waals surface area contributed by atoms with Crippen molar-refractivity contribution in [2.24, 2.45) is 7.05 Å². The molecule has 0 aliphatic carbocycles. The third-order valence-electron chi connectivity index (χ3n) is 8.46. The van der Waals surface area contributed by atoms with Crippen LogP contribution in [0.3, 0.4) is 0 Å². The first kappa shape index (κ1) is 32.2. The van der Waals surface area contributed by atoms with E-state index in [4.69, 9.17) is 19.2 Å². The summed E-state index contributed by atoms with van der Waals surface area (Å²) in [5.41, 5.74) is 1.43. The van der Waals surface area contributed by atoms with Gasteiger partial charge in [0.1, 0.15) is 28.0 Å². The van der Waals surface area contributed by atoms with Crippen LogP contribution in [0.4, 0.5) is 13.2 Å². The number of carbonyl (C=O) groups is 1. The first-order chi connectivity index (χ1) is 22.3. The Kier molecular flexibility index (Phi) is 8.29. The van der Waals surface area contributed by atoms with Crippen LogP contribution in [-0.4, -0.2) is 48.4 Å². The van der Waals surface area contributed by atoms with E-state index in [-0.39, 0.29) is 40.4 Å². The molecule has 1 aliphatic rings. The van der Waals surface area contributed by atoms with E-state index in [0.29, 0.717) is 37.5 Å². The quantitative estimate of drug-likeness (QED) is 0.137. The average Bonchev–Trinajstić information content (AvgIpc) is 3.67. The Balaban J connectivity index is 1.38. The molecule has 0 fully saturated rings. The highest BCUT2D eigenvalue weighted by molar-refractivity contribution is 7.91. The van der Waals surface area contributed by atoms with Gasteiger partial charge in [-0.2, -0.15) is 4.39 Å². The largest absolute Gasteiger partial charge is 0.493 e. The number of hydrogen-bond donors (Lipinski definition) is 1. The first-order valence-electron chi connectivity index (χ1n) is 14.9. The lowest BCUT2D eigenvalue weighted by Gasteiger charge is -2.35. The van der Waals surface area contributed by atoms with E-state index >= 15 is 8.78 Å². The molecule has 5 aromatic rings. The number of para-hydroxylation sites is 1. The number of hydrogen-bond acceptors (Lipinski definition) is 7. The minimum atomic E-state index is -4.10. The molecule has 9 nitrogen and oxygen atoms in total. The number of H-pyrrole nitrogens is 1. The number of fused-ring (bicyclic) bond motifs is 2. The second-order valence-corrected chi connectivity index (χ2v) is 13.6. The number of carbonyl (C=O) groups excluding carboxylic acids is 1. The molecule has 0 amide bonds. The standard InChI is InChI=1S/C34H32F3N3O6S/c1-5-44-26(41)12-9-19-7-6-8-23-30(19)45-16-14-34(23,2)25-18-40(3)33(39-25)22-17-20(10-11-24(22)35)46-31-28(37)27(36)29-21(13-15-38-29)32(31)47(4,42)43/h6-8,10-11,13,15,17-18,38H,5,9,12,14,16H2,1-4H3/t34-/m0/s1. The van der Waals surface area contributed by atoms with Gasteiger partial charge in [0.05, 0.1) is 30.0 Å². The van der Waals surface area contributed by atoms with Crippen LogP contribution in [0.25, 0.3) is 22.3 Å². The Bertz CT molecular complexity index is 2140. The summed E-state index contributed by atoms with van der Waals surface area (Å²) in [6, 6.07) is 10.6. The molecular weight excluding hydrogens is 635 g/mol. The number of aryl methyl sites for hydroxylation is 2. The zero-order chi connectivity index (χ0) is 33.7. The van der Waals surface area contributed by atoms with E-state index in [1.807, 2.05) is 25.1 Å². The van der Waals surface area contributed by atoms with Gasteiger partial charge in [0.15, 0.2) is 21.4 Å². The summed E-state index contributed by atoms with van der Waals surface area (Å²) in [6.07, 6.45) is 5.16. The number of nitrogens with one attached hydrogen (secondary N) is 1. The molecule has 1 atom stereocenters. The molecule has 13 heteroatoms. The molecule has 0 spiro atoms. The van der Waals surface area contributed by atoms with Gasteiger partial charge in [-0.3, -0.25) is 4.79 Å². The molecule has 246 valence electrons. The lowest BCUT2D eigenvalue weighted by Crippen LogP contribution is -2.32. The maximum atomic E-state index is 15.4. The van der Waals surface area contributed by atoms with Crippen LogP contribution in [0.1, 0.15) is 43.5 Å². The fraction of sp³-hybridized carbons (Fsp3) is 0.294. The lowest BCUT2D eigenvalue weighted by atomic mass is 9.74. The molecule has 3 aromatic carbocycles. The van der Waals surface area contributed by atoms with E-state index in [2.05, 4.69) is 4.98 Å². The highest BCUT2D eigenvalue weighted by atomic mass is 32.2. The summed E-state index contributed by atoms with van der Waals surface area (Å²) in [6.45, 7) is 4.47. The van der Waals surface area contributed by atoms with Gasteiger partial charge in [-0.1, -0.05) is 18.2 Å². The van der Waals surface area contributed by atoms with Crippen LogP contribution in [0, 0.1) is 17.5 Å². The molecule has 47 heavy (non-hydrogen) atoms. The molecule has 3 heterocycles. The molecule has 2 aromatic heterocycles. The predicted octanol–water partition coefficient (Wildman–Crippen LogP) is 6.77. The zero-order valence-electron chi connectivity index (χ0n) is 26.1. The third kappa shape index (κ3) is 5.73. The minimum Gasteiger partial charge on any atom is -0.493 e. The van der Waals surface area contributed by atoms with Crippen LogP contribution in [0.15, 0.2) is 59.8 Å². The number of esters is 1. The second kappa shape index (κ2) is 12.1. The van der Waals surface area contributed by atoms with Gasteiger partial charge in [-0.25, -0.2) is 22.2 Å². The van der Waals surface area contributed by atoms with Gasteiger partial charge in [-0.05, 0) is 56.5 Å². The minimum absolute atomic E-state index is 0.000159. The molecule has 1 N–H and O–H groups in total. The van der Waals surface area contributed by atoms with Crippen LogP contribution < -0.4 is 9.47 Å². The van der Waals surface area contributed by atoms with Gasteiger partial charge in [0.2, 0.25) is 5.82 Å². The maximum Gasteiger partial charge on any atom is 0.306 e. The van der Waals surface area contributed by atoms with Crippen LogP contribution >= 0.6 is 0 Å². The topological polar surface area (TPSA) is 113 Å². The van der Waals surface area contributed by atoms with Crippen molar-refractivity contribution >= 4 is 26.7 Å². The summed E-state index contributed by atoms with van der Waals surface area (Å²) in [5.74, 6) is -3.82. The number of rotatable bonds is 9. The fourth-order valence-corrected chi connectivity index (χ4v) is 7.12. The Morgan fingerprint density at radius 1 is 1.15 bits per heavy atom. The average molecular weight is 668 g/mol. The number of ether oxygens (including phenoxy) is 3. The molecule has 0 bridgehead atoms. The van der Waals surface area contributed by atoms with Crippen molar-refractivity contribution in [2.45, 2.75) is 43.4 Å². The van der Waals surface area contributed by atoms with Crippen molar-refractivity contribution in [1.29, 1.82) is 0 Å². The predicted molar refractivity (Wildman–Crippen MR) is 168 cm³/mol. The SMILES string of the molecule is CCOC(=O)CCc1cccc2c1OCC[C@]2(C)c1cn(C)c(-c2cc(Oc3c(F)c(F)c4[nH]ccc4c3S(C)(=O)=O)ccc2F)n1. The molecule has 0 unspecified atom stereocenters. The van der Waals surface area contributed by atoms with Gasteiger partial charge in [-0.15, -0.1) is 0 Å². The molecule has 6 rings (SSSR count). The van der Waals surface area contributed by atoms with Crippen molar-refractivity contribution in [3.8, 4) is 28.6 Å². The Morgan fingerprint density at radius 2 is 1.94 bits per heavy atom. The summed E-state index contributed by atoms with van der Waals surface area (Å²) in [5, 5.41) is -0.0773. The van der Waals surface area contributed by atoms with Gasteiger partial charge < -0.3 is 23.8 Å². The van der Waals surface area contributed by atoms with E-state index in [0.717, 1.165) is 23.4 Å². The molecular formula is C34H32F3N3O6S. The highest BCUT2D eigenvalue weighted by Gasteiger charge is 2.39. The number of sulfone groups is 1. The van der Waals surface area contributed by atoms with Crippen molar-refractivity contribution in [3.63, 3.8) is 0 Å². The second-order valence-electron chi connectivity index (χ2n) is 11.7. The van der Waals surface area contributed by atoms with Crippen molar-refractivity contribution in [1.82, 2.24) is 14.5 Å². The number of nitrogens with zero attached hydrogens (tertiary/aromatic N) is 2. The van der Waals surface area contributed by atoms with Crippen LogP contribution in [-0.2, 0) is 38.3 Å². The molecule has 0 saturated heterocycles. The monoisotopic (exact) mass is 667 g/mol. The highest BCUT2D eigenvalue weighted by Crippen LogP contribution is 2.46. The number of imidazole rings is 1. The normalized spacial score (nSPS) is 16.1. The van der Waals surface area contributed by atoms with Crippen molar-refractivity contribution in [2.75, 3.05) is 19.5 Å². The molecule has 1 aliphatic heterocycles. The molecule has 0 radical (unpaired) electrons. The lowest BCUT2D eigenvalue weighted by molar-refractivity contribution is -0.143. The number of halogens is 3. The zero-order valence-corrected chi connectivity index (χ0v) is 26.9. The van der Waals surface area contributed by atoms with E-state index in [9.17, 15) is 17.6 Å². The summed E-state index contributed by atoms with van der Waals surface area (Å²) in [7, 11) is -2.39. The Morgan fingerprint density at radius 3 is 2.68 bits per heavy atom. The van der Waals surface area contributed by atoms with Crippen LogP contribution in [0.5, 0.6) is 17.2 Å². The van der Waals surface area contributed by atoms with Gasteiger partial charge in [0, 0.05) is 48.5 Å².